The van der Waals surface area contributed by atoms with Crippen LogP contribution in [-0.2, 0) is 0 Å². The number of anilines is 1. The van der Waals surface area contributed by atoms with Crippen molar-refractivity contribution < 1.29 is 4.79 Å². The number of hydrogen-bond donors (Lipinski definition) is 0. The highest BCUT2D eigenvalue weighted by Crippen LogP contribution is 2.18. The van der Waals surface area contributed by atoms with E-state index in [1.165, 1.54) is 5.56 Å². The van der Waals surface area contributed by atoms with Gasteiger partial charge in [-0.2, -0.15) is 0 Å². The Morgan fingerprint density at radius 3 is 2.39 bits per heavy atom. The van der Waals surface area contributed by atoms with Gasteiger partial charge in [-0.25, -0.2) is 0 Å². The minimum atomic E-state index is 0.0131. The van der Waals surface area contributed by atoms with E-state index < -0.39 is 0 Å². The summed E-state index contributed by atoms with van der Waals surface area (Å²) < 4.78 is 1.11. The normalized spacial score (nSPS) is 10.2. The molecule has 2 nitrogen and oxygen atoms in total. The molecule has 3 heteroatoms. The molecule has 18 heavy (non-hydrogen) atoms. The van der Waals surface area contributed by atoms with Crippen LogP contribution >= 0.6 is 22.6 Å². The van der Waals surface area contributed by atoms with Gasteiger partial charge in [0, 0.05) is 21.9 Å². The largest absolute Gasteiger partial charge is 0.311 e. The molecule has 0 bridgehead atoms. The molecule has 2 rings (SSSR count). The standard InChI is InChI=1S/C15H14INO/c1-11-8-9-12(10-14(11)16)15(18)17(2)13-6-4-3-5-7-13/h3-10H,1-2H3. The summed E-state index contributed by atoms with van der Waals surface area (Å²) in [5, 5.41) is 0. The molecule has 0 heterocycles. The van der Waals surface area contributed by atoms with Crippen LogP contribution in [0.5, 0.6) is 0 Å². The predicted octanol–water partition coefficient (Wildman–Crippen LogP) is 3.88. The van der Waals surface area contributed by atoms with Gasteiger partial charge in [0.15, 0.2) is 0 Å². The van der Waals surface area contributed by atoms with Gasteiger partial charge in [-0.15, -0.1) is 0 Å². The number of halogens is 1. The molecule has 0 radical (unpaired) electrons. The monoisotopic (exact) mass is 351 g/mol. The van der Waals surface area contributed by atoms with Gasteiger partial charge >= 0.3 is 0 Å². The first-order valence-electron chi connectivity index (χ1n) is 5.69. The zero-order valence-corrected chi connectivity index (χ0v) is 12.5. The van der Waals surface area contributed by atoms with Crippen molar-refractivity contribution in [1.29, 1.82) is 0 Å². The minimum absolute atomic E-state index is 0.0131. The summed E-state index contributed by atoms with van der Waals surface area (Å²) in [5.74, 6) is 0.0131. The maximum Gasteiger partial charge on any atom is 0.258 e. The van der Waals surface area contributed by atoms with Crippen molar-refractivity contribution in [3.63, 3.8) is 0 Å². The van der Waals surface area contributed by atoms with Crippen LogP contribution in [0.1, 0.15) is 15.9 Å². The maximum absolute atomic E-state index is 12.3. The number of para-hydroxylation sites is 1. The smallest absolute Gasteiger partial charge is 0.258 e. The van der Waals surface area contributed by atoms with Crippen molar-refractivity contribution in [2.24, 2.45) is 0 Å². The van der Waals surface area contributed by atoms with Gasteiger partial charge in [0.1, 0.15) is 0 Å². The second kappa shape index (κ2) is 5.52. The van der Waals surface area contributed by atoms with Crippen LogP contribution in [0.3, 0.4) is 0 Å². The molecule has 0 aromatic heterocycles. The number of aryl methyl sites for hydroxylation is 1. The fraction of sp³-hybridized carbons (Fsp3) is 0.133. The van der Waals surface area contributed by atoms with E-state index >= 15 is 0 Å². The first-order valence-corrected chi connectivity index (χ1v) is 6.77. The molecule has 0 fully saturated rings. The molecule has 0 spiro atoms. The van der Waals surface area contributed by atoms with E-state index in [0.29, 0.717) is 0 Å². The summed E-state index contributed by atoms with van der Waals surface area (Å²) in [6.45, 7) is 2.04. The molecular formula is C15H14INO. The molecular weight excluding hydrogens is 337 g/mol. The lowest BCUT2D eigenvalue weighted by Gasteiger charge is -2.17. The number of benzene rings is 2. The number of carbonyl (C=O) groups is 1. The molecule has 0 saturated carbocycles. The number of rotatable bonds is 2. The van der Waals surface area contributed by atoms with Gasteiger partial charge in [0.2, 0.25) is 0 Å². The first kappa shape index (κ1) is 13.1. The van der Waals surface area contributed by atoms with Crippen LogP contribution in [0.15, 0.2) is 48.5 Å². The number of hydrogen-bond acceptors (Lipinski definition) is 1. The van der Waals surface area contributed by atoms with Crippen LogP contribution in [-0.4, -0.2) is 13.0 Å². The van der Waals surface area contributed by atoms with Crippen molar-refractivity contribution in [2.75, 3.05) is 11.9 Å². The summed E-state index contributed by atoms with van der Waals surface area (Å²) in [5.41, 5.74) is 2.81. The average Bonchev–Trinajstić information content (AvgIpc) is 2.41. The molecule has 92 valence electrons. The lowest BCUT2D eigenvalue weighted by Crippen LogP contribution is -2.26. The van der Waals surface area contributed by atoms with Crippen LogP contribution in [0.25, 0.3) is 0 Å². The maximum atomic E-state index is 12.3. The van der Waals surface area contributed by atoms with Crippen LogP contribution < -0.4 is 4.90 Å². The minimum Gasteiger partial charge on any atom is -0.311 e. The Hall–Kier alpha value is -1.36. The summed E-state index contributed by atoms with van der Waals surface area (Å²) in [4.78, 5) is 14.0. The second-order valence-electron chi connectivity index (χ2n) is 4.16. The highest BCUT2D eigenvalue weighted by atomic mass is 127. The summed E-state index contributed by atoms with van der Waals surface area (Å²) in [6, 6.07) is 15.4. The highest BCUT2D eigenvalue weighted by molar-refractivity contribution is 14.1. The van der Waals surface area contributed by atoms with Gasteiger partial charge in [-0.05, 0) is 59.3 Å². The van der Waals surface area contributed by atoms with Crippen molar-refractivity contribution in [3.05, 3.63) is 63.2 Å². The molecule has 0 aliphatic rings. The molecule has 0 N–H and O–H groups in total. The Labute approximate surface area is 121 Å². The molecule has 0 aliphatic heterocycles. The Morgan fingerprint density at radius 1 is 1.11 bits per heavy atom. The predicted molar refractivity (Wildman–Crippen MR) is 83.1 cm³/mol. The second-order valence-corrected chi connectivity index (χ2v) is 5.33. The Balaban J connectivity index is 2.29. The van der Waals surface area contributed by atoms with E-state index in [0.717, 1.165) is 14.8 Å². The Morgan fingerprint density at radius 2 is 1.78 bits per heavy atom. The van der Waals surface area contributed by atoms with E-state index in [9.17, 15) is 4.79 Å². The van der Waals surface area contributed by atoms with Crippen LogP contribution in [0.2, 0.25) is 0 Å². The molecule has 2 aromatic carbocycles. The van der Waals surface area contributed by atoms with Gasteiger partial charge in [-0.1, -0.05) is 24.3 Å². The average molecular weight is 351 g/mol. The summed E-state index contributed by atoms with van der Waals surface area (Å²) >= 11 is 2.25. The van der Waals surface area contributed by atoms with E-state index in [-0.39, 0.29) is 5.91 Å². The van der Waals surface area contributed by atoms with Gasteiger partial charge in [-0.3, -0.25) is 4.79 Å². The molecule has 1 amide bonds. The fourth-order valence-electron chi connectivity index (χ4n) is 1.69. The fourth-order valence-corrected chi connectivity index (χ4v) is 2.20. The topological polar surface area (TPSA) is 20.3 Å². The van der Waals surface area contributed by atoms with Crippen molar-refractivity contribution in [2.45, 2.75) is 6.92 Å². The lowest BCUT2D eigenvalue weighted by molar-refractivity contribution is 0.0993. The van der Waals surface area contributed by atoms with E-state index in [4.69, 9.17) is 0 Å². The summed E-state index contributed by atoms with van der Waals surface area (Å²) in [7, 11) is 1.80. The number of nitrogens with zero attached hydrogens (tertiary/aromatic N) is 1. The van der Waals surface area contributed by atoms with Crippen molar-refractivity contribution >= 4 is 34.2 Å². The number of amides is 1. The van der Waals surface area contributed by atoms with E-state index in [1.54, 1.807) is 11.9 Å². The third kappa shape index (κ3) is 2.72. The SMILES string of the molecule is Cc1ccc(C(=O)N(C)c2ccccc2)cc1I. The van der Waals surface area contributed by atoms with Crippen molar-refractivity contribution in [3.8, 4) is 0 Å². The molecule has 0 atom stereocenters. The van der Waals surface area contributed by atoms with Gasteiger partial charge in [0.05, 0.1) is 0 Å². The number of carbonyl (C=O) groups excluding carboxylic acids is 1. The summed E-state index contributed by atoms with van der Waals surface area (Å²) in [6.07, 6.45) is 0. The zero-order chi connectivity index (χ0) is 13.1. The Kier molecular flexibility index (Phi) is 4.01. The van der Waals surface area contributed by atoms with Crippen LogP contribution in [0, 0.1) is 10.5 Å². The molecule has 0 unspecified atom stereocenters. The van der Waals surface area contributed by atoms with E-state index in [1.807, 2.05) is 55.5 Å². The third-order valence-electron chi connectivity index (χ3n) is 2.87. The van der Waals surface area contributed by atoms with Crippen molar-refractivity contribution in [1.82, 2.24) is 0 Å². The molecule has 0 saturated heterocycles. The zero-order valence-electron chi connectivity index (χ0n) is 10.4. The van der Waals surface area contributed by atoms with Crippen LogP contribution in [0.4, 0.5) is 5.69 Å². The van der Waals surface area contributed by atoms with Gasteiger partial charge < -0.3 is 4.90 Å². The Bertz CT molecular complexity index is 566. The third-order valence-corrected chi connectivity index (χ3v) is 4.03. The first-order chi connectivity index (χ1) is 8.59. The quantitative estimate of drug-likeness (QED) is 0.752. The lowest BCUT2D eigenvalue weighted by atomic mass is 10.1. The molecule has 2 aromatic rings. The molecule has 0 aliphatic carbocycles. The van der Waals surface area contributed by atoms with E-state index in [2.05, 4.69) is 22.6 Å². The highest BCUT2D eigenvalue weighted by Gasteiger charge is 2.13. The van der Waals surface area contributed by atoms with Gasteiger partial charge in [0.25, 0.3) is 5.91 Å².